The molecule has 156 valence electrons. The van der Waals surface area contributed by atoms with Crippen LogP contribution in [0.4, 0.5) is 14.6 Å². The van der Waals surface area contributed by atoms with Gasteiger partial charge in [-0.15, -0.1) is 11.8 Å². The van der Waals surface area contributed by atoms with Gasteiger partial charge in [0.05, 0.1) is 29.0 Å². The van der Waals surface area contributed by atoms with Crippen LogP contribution in [-0.2, 0) is 0 Å². The highest BCUT2D eigenvalue weighted by Gasteiger charge is 2.21. The molecule has 3 aromatic rings. The number of halogens is 2. The lowest BCUT2D eigenvalue weighted by Crippen LogP contribution is -2.14. The molecule has 0 aliphatic carbocycles. The third-order valence-corrected chi connectivity index (χ3v) is 5.20. The van der Waals surface area contributed by atoms with Crippen LogP contribution in [0.5, 0.6) is 5.75 Å². The number of anilines is 1. The van der Waals surface area contributed by atoms with Crippen LogP contribution < -0.4 is 10.5 Å². The lowest BCUT2D eigenvalue weighted by Gasteiger charge is -2.21. The average Bonchev–Trinajstić information content (AvgIpc) is 3.03. The molecule has 0 bridgehead atoms. The Morgan fingerprint density at radius 1 is 1.31 bits per heavy atom. The summed E-state index contributed by atoms with van der Waals surface area (Å²) in [5, 5.41) is 9.25. The maximum atomic E-state index is 14.4. The fraction of sp³-hybridized carbons (Fsp3) is 0.400. The molecule has 0 unspecified atom stereocenters. The SMILES string of the molecule is C[C@@H](CO)COc1cc2ncc(-c3cc(F)c(N)nc3F)n2cc1SC(C)(C)C. The largest absolute Gasteiger partial charge is 0.492 e. The van der Waals surface area contributed by atoms with E-state index in [1.54, 1.807) is 28.4 Å². The second kappa shape index (κ2) is 8.16. The standard InChI is InChI=1S/C20H24F2N4O2S/c1-11(9-27)10-28-15-6-17-24-7-14(12-5-13(21)19(23)25-18(12)22)26(17)8-16(15)29-20(2,3)4/h5-8,11,27H,9-10H2,1-4H3,(H2,23,25)/t11-/m0/s1. The predicted molar refractivity (Wildman–Crippen MR) is 110 cm³/mol. The molecule has 9 heteroatoms. The minimum Gasteiger partial charge on any atom is -0.492 e. The zero-order valence-corrected chi connectivity index (χ0v) is 17.6. The van der Waals surface area contributed by atoms with Crippen LogP contribution in [0.15, 0.2) is 29.4 Å². The Bertz CT molecular complexity index is 1030. The minimum atomic E-state index is -0.868. The number of rotatable bonds is 6. The van der Waals surface area contributed by atoms with Gasteiger partial charge in [0.1, 0.15) is 11.4 Å². The van der Waals surface area contributed by atoms with E-state index in [2.05, 4.69) is 30.7 Å². The molecule has 3 aromatic heterocycles. The Morgan fingerprint density at radius 3 is 2.69 bits per heavy atom. The number of nitrogen functional groups attached to an aromatic ring is 1. The number of nitrogens with two attached hydrogens (primary N) is 1. The minimum absolute atomic E-state index is 0.0203. The van der Waals surface area contributed by atoms with Gasteiger partial charge >= 0.3 is 0 Å². The molecule has 0 aliphatic heterocycles. The van der Waals surface area contributed by atoms with E-state index in [-0.39, 0.29) is 22.8 Å². The molecular formula is C20H24F2N4O2S. The number of aliphatic hydroxyl groups excluding tert-OH is 1. The second-order valence-electron chi connectivity index (χ2n) is 7.88. The summed E-state index contributed by atoms with van der Waals surface area (Å²) < 4.78 is 35.7. The molecule has 0 radical (unpaired) electrons. The summed E-state index contributed by atoms with van der Waals surface area (Å²) in [7, 11) is 0. The van der Waals surface area contributed by atoms with Gasteiger partial charge in [0, 0.05) is 29.5 Å². The van der Waals surface area contributed by atoms with E-state index in [4.69, 9.17) is 10.5 Å². The van der Waals surface area contributed by atoms with Crippen molar-refractivity contribution < 1.29 is 18.6 Å². The first-order chi connectivity index (χ1) is 13.6. The van der Waals surface area contributed by atoms with Crippen molar-refractivity contribution in [3.05, 3.63) is 36.3 Å². The maximum Gasteiger partial charge on any atom is 0.224 e. The van der Waals surface area contributed by atoms with E-state index < -0.39 is 17.6 Å². The topological polar surface area (TPSA) is 85.7 Å². The quantitative estimate of drug-likeness (QED) is 0.458. The fourth-order valence-corrected chi connectivity index (χ4v) is 3.69. The molecule has 6 nitrogen and oxygen atoms in total. The van der Waals surface area contributed by atoms with Crippen molar-refractivity contribution in [1.82, 2.24) is 14.4 Å². The molecule has 3 heterocycles. The predicted octanol–water partition coefficient (Wildman–Crippen LogP) is 4.15. The third kappa shape index (κ3) is 4.79. The normalized spacial score (nSPS) is 13.1. The molecule has 1 atom stereocenters. The van der Waals surface area contributed by atoms with E-state index in [1.165, 1.54) is 6.20 Å². The van der Waals surface area contributed by atoms with Crippen LogP contribution in [0, 0.1) is 17.7 Å². The van der Waals surface area contributed by atoms with Gasteiger partial charge in [-0.3, -0.25) is 4.40 Å². The van der Waals surface area contributed by atoms with E-state index >= 15 is 0 Å². The Kier molecular flexibility index (Phi) is 6.00. The van der Waals surface area contributed by atoms with Crippen LogP contribution in [0.2, 0.25) is 0 Å². The highest BCUT2D eigenvalue weighted by molar-refractivity contribution is 8.00. The lowest BCUT2D eigenvalue weighted by molar-refractivity contribution is 0.172. The monoisotopic (exact) mass is 422 g/mol. The van der Waals surface area contributed by atoms with Gasteiger partial charge in [-0.2, -0.15) is 9.37 Å². The molecule has 3 N–H and O–H groups in total. The first-order valence-electron chi connectivity index (χ1n) is 9.14. The maximum absolute atomic E-state index is 14.4. The molecule has 0 saturated carbocycles. The number of imidazole rings is 1. The third-order valence-electron chi connectivity index (χ3n) is 4.06. The number of aromatic nitrogens is 3. The number of fused-ring (bicyclic) bond motifs is 1. The van der Waals surface area contributed by atoms with Crippen LogP contribution in [0.1, 0.15) is 27.7 Å². The Balaban J connectivity index is 2.12. The van der Waals surface area contributed by atoms with Gasteiger partial charge < -0.3 is 15.6 Å². The van der Waals surface area contributed by atoms with E-state index in [9.17, 15) is 13.9 Å². The van der Waals surface area contributed by atoms with Crippen molar-refractivity contribution in [3.8, 4) is 17.0 Å². The number of hydrogen-bond donors (Lipinski definition) is 2. The summed E-state index contributed by atoms with van der Waals surface area (Å²) >= 11 is 1.58. The van der Waals surface area contributed by atoms with E-state index in [1.807, 2.05) is 6.92 Å². The molecule has 0 aromatic carbocycles. The molecule has 0 spiro atoms. The molecule has 0 saturated heterocycles. The first-order valence-corrected chi connectivity index (χ1v) is 9.96. The average molecular weight is 423 g/mol. The van der Waals surface area contributed by atoms with Gasteiger partial charge in [-0.1, -0.05) is 27.7 Å². The first kappa shape index (κ1) is 21.3. The molecular weight excluding hydrogens is 398 g/mol. The Hall–Kier alpha value is -2.39. The van der Waals surface area contributed by atoms with Crippen molar-refractivity contribution in [2.45, 2.75) is 37.3 Å². The summed E-state index contributed by atoms with van der Waals surface area (Å²) in [4.78, 5) is 8.56. The Morgan fingerprint density at radius 2 is 2.03 bits per heavy atom. The summed E-state index contributed by atoms with van der Waals surface area (Å²) in [6.07, 6.45) is 3.25. The highest BCUT2D eigenvalue weighted by atomic mass is 32.2. The van der Waals surface area contributed by atoms with Crippen molar-refractivity contribution >= 4 is 23.2 Å². The molecule has 29 heavy (non-hydrogen) atoms. The van der Waals surface area contributed by atoms with E-state index in [0.29, 0.717) is 23.7 Å². The van der Waals surface area contributed by atoms with E-state index in [0.717, 1.165) is 11.0 Å². The summed E-state index contributed by atoms with van der Waals surface area (Å²) in [6.45, 7) is 8.45. The molecule has 0 aliphatic rings. The van der Waals surface area contributed by atoms with Gasteiger partial charge in [0.25, 0.3) is 0 Å². The molecule has 0 fully saturated rings. The lowest BCUT2D eigenvalue weighted by atomic mass is 10.2. The summed E-state index contributed by atoms with van der Waals surface area (Å²) in [5.74, 6) is -1.55. The smallest absolute Gasteiger partial charge is 0.224 e. The fourth-order valence-electron chi connectivity index (χ4n) is 2.65. The van der Waals surface area contributed by atoms with Gasteiger partial charge in [-0.25, -0.2) is 9.37 Å². The van der Waals surface area contributed by atoms with Crippen LogP contribution in [0.25, 0.3) is 16.9 Å². The van der Waals surface area contributed by atoms with Gasteiger partial charge in [0.15, 0.2) is 11.6 Å². The van der Waals surface area contributed by atoms with Gasteiger partial charge in [-0.05, 0) is 6.07 Å². The van der Waals surface area contributed by atoms with Crippen molar-refractivity contribution in [1.29, 1.82) is 0 Å². The van der Waals surface area contributed by atoms with Crippen LogP contribution >= 0.6 is 11.8 Å². The zero-order valence-electron chi connectivity index (χ0n) is 16.7. The number of aliphatic hydroxyl groups is 1. The van der Waals surface area contributed by atoms with Crippen LogP contribution in [0.3, 0.4) is 0 Å². The van der Waals surface area contributed by atoms with Crippen molar-refractivity contribution in [3.63, 3.8) is 0 Å². The summed E-state index contributed by atoms with van der Waals surface area (Å²) in [6, 6.07) is 2.77. The second-order valence-corrected chi connectivity index (χ2v) is 9.75. The summed E-state index contributed by atoms with van der Waals surface area (Å²) in [5.41, 5.74) is 6.19. The highest BCUT2D eigenvalue weighted by Crippen LogP contribution is 2.39. The number of ether oxygens (including phenoxy) is 1. The number of hydrogen-bond acceptors (Lipinski definition) is 6. The molecule has 0 amide bonds. The molecule has 3 rings (SSSR count). The Labute approximate surface area is 172 Å². The van der Waals surface area contributed by atoms with Crippen molar-refractivity contribution in [2.75, 3.05) is 18.9 Å². The number of pyridine rings is 2. The van der Waals surface area contributed by atoms with Crippen molar-refractivity contribution in [2.24, 2.45) is 5.92 Å². The number of thioether (sulfide) groups is 1. The van der Waals surface area contributed by atoms with Gasteiger partial charge in [0.2, 0.25) is 5.95 Å². The zero-order chi connectivity index (χ0) is 21.3. The van der Waals surface area contributed by atoms with Crippen LogP contribution in [-0.4, -0.2) is 37.4 Å². The number of nitrogens with zero attached hydrogens (tertiary/aromatic N) is 3.